The number of nitrogens with zero attached hydrogens (tertiary/aromatic N) is 1. The summed E-state index contributed by atoms with van der Waals surface area (Å²) in [5.74, 6) is -0.373. The van der Waals surface area contributed by atoms with E-state index < -0.39 is 11.0 Å². The average molecular weight is 252 g/mol. The number of aliphatic hydroxyl groups excluding tert-OH is 1. The van der Waals surface area contributed by atoms with Crippen molar-refractivity contribution in [2.45, 2.75) is 25.9 Å². The van der Waals surface area contributed by atoms with Crippen molar-refractivity contribution in [3.63, 3.8) is 0 Å². The summed E-state index contributed by atoms with van der Waals surface area (Å²) in [6.45, 7) is 2.20. The zero-order valence-electron chi connectivity index (χ0n) is 10.1. The second kappa shape index (κ2) is 6.70. The second-order valence-electron chi connectivity index (χ2n) is 3.91. The first-order valence-electron chi connectivity index (χ1n) is 5.75. The maximum atomic E-state index is 11.7. The van der Waals surface area contributed by atoms with E-state index >= 15 is 0 Å². The fourth-order valence-corrected chi connectivity index (χ4v) is 1.42. The van der Waals surface area contributed by atoms with Gasteiger partial charge < -0.3 is 10.4 Å². The molecule has 6 heteroatoms. The third-order valence-corrected chi connectivity index (χ3v) is 2.55. The highest BCUT2D eigenvalue weighted by Gasteiger charge is 2.11. The molecular formula is C12H16N2O4. The summed E-state index contributed by atoms with van der Waals surface area (Å²) in [6.07, 6.45) is 0.666. The first kappa shape index (κ1) is 14.1. The Morgan fingerprint density at radius 3 is 2.89 bits per heavy atom. The van der Waals surface area contributed by atoms with Gasteiger partial charge in [0.15, 0.2) is 0 Å². The minimum absolute atomic E-state index is 0.115. The van der Waals surface area contributed by atoms with Crippen LogP contribution in [-0.2, 0) is 0 Å². The predicted molar refractivity (Wildman–Crippen MR) is 66.3 cm³/mol. The number of rotatable bonds is 6. The van der Waals surface area contributed by atoms with Crippen molar-refractivity contribution < 1.29 is 14.8 Å². The van der Waals surface area contributed by atoms with E-state index in [0.29, 0.717) is 19.4 Å². The Bertz CT molecular complexity index is 434. The van der Waals surface area contributed by atoms with Crippen LogP contribution in [0.4, 0.5) is 5.69 Å². The maximum absolute atomic E-state index is 11.7. The molecule has 0 aliphatic heterocycles. The van der Waals surface area contributed by atoms with Crippen molar-refractivity contribution in [3.8, 4) is 0 Å². The van der Waals surface area contributed by atoms with E-state index in [1.54, 1.807) is 0 Å². The molecule has 1 amide bonds. The third-order valence-electron chi connectivity index (χ3n) is 2.55. The van der Waals surface area contributed by atoms with Crippen LogP contribution in [0.25, 0.3) is 0 Å². The first-order chi connectivity index (χ1) is 8.54. The quantitative estimate of drug-likeness (QED) is 0.592. The van der Waals surface area contributed by atoms with E-state index in [9.17, 15) is 20.0 Å². The molecular weight excluding hydrogens is 236 g/mol. The molecule has 0 heterocycles. The molecule has 0 aromatic heterocycles. The van der Waals surface area contributed by atoms with Gasteiger partial charge in [-0.05, 0) is 18.9 Å². The van der Waals surface area contributed by atoms with Crippen LogP contribution in [0.1, 0.15) is 30.1 Å². The summed E-state index contributed by atoms with van der Waals surface area (Å²) in [6, 6.07) is 5.54. The van der Waals surface area contributed by atoms with Crippen molar-refractivity contribution >= 4 is 11.6 Å². The molecule has 0 radical (unpaired) electrons. The smallest absolute Gasteiger partial charge is 0.270 e. The molecule has 0 spiro atoms. The van der Waals surface area contributed by atoms with Gasteiger partial charge in [-0.15, -0.1) is 0 Å². The van der Waals surface area contributed by atoms with Gasteiger partial charge in [0, 0.05) is 24.2 Å². The molecule has 1 unspecified atom stereocenters. The molecule has 0 saturated heterocycles. The largest absolute Gasteiger partial charge is 0.393 e. The fourth-order valence-electron chi connectivity index (χ4n) is 1.42. The van der Waals surface area contributed by atoms with E-state index in [2.05, 4.69) is 5.32 Å². The van der Waals surface area contributed by atoms with E-state index in [4.69, 9.17) is 0 Å². The monoisotopic (exact) mass is 252 g/mol. The lowest BCUT2D eigenvalue weighted by Crippen LogP contribution is -2.27. The van der Waals surface area contributed by atoms with Crippen molar-refractivity contribution in [1.29, 1.82) is 0 Å². The van der Waals surface area contributed by atoms with E-state index in [1.165, 1.54) is 24.3 Å². The van der Waals surface area contributed by atoms with Crippen LogP contribution >= 0.6 is 0 Å². The number of carbonyl (C=O) groups excluding carboxylic acids is 1. The maximum Gasteiger partial charge on any atom is 0.270 e. The lowest BCUT2D eigenvalue weighted by Gasteiger charge is -2.08. The summed E-state index contributed by atoms with van der Waals surface area (Å²) < 4.78 is 0. The molecule has 1 rings (SSSR count). The fraction of sp³-hybridized carbons (Fsp3) is 0.417. The molecule has 0 bridgehead atoms. The van der Waals surface area contributed by atoms with Gasteiger partial charge in [0.25, 0.3) is 11.6 Å². The minimum Gasteiger partial charge on any atom is -0.393 e. The Kier molecular flexibility index (Phi) is 5.26. The van der Waals surface area contributed by atoms with Crippen LogP contribution in [0.5, 0.6) is 0 Å². The third kappa shape index (κ3) is 4.14. The van der Waals surface area contributed by atoms with Crippen LogP contribution < -0.4 is 5.32 Å². The lowest BCUT2D eigenvalue weighted by molar-refractivity contribution is -0.384. The summed E-state index contributed by atoms with van der Waals surface area (Å²) in [7, 11) is 0. The molecule has 0 aliphatic carbocycles. The van der Waals surface area contributed by atoms with Crippen LogP contribution in [0.3, 0.4) is 0 Å². The van der Waals surface area contributed by atoms with Gasteiger partial charge in [-0.2, -0.15) is 0 Å². The Hall–Kier alpha value is -1.95. The van der Waals surface area contributed by atoms with Gasteiger partial charge in [-0.1, -0.05) is 13.0 Å². The van der Waals surface area contributed by atoms with Crippen LogP contribution in [0, 0.1) is 10.1 Å². The zero-order chi connectivity index (χ0) is 13.5. The van der Waals surface area contributed by atoms with Gasteiger partial charge >= 0.3 is 0 Å². The van der Waals surface area contributed by atoms with E-state index in [1.807, 2.05) is 6.92 Å². The average Bonchev–Trinajstić information content (AvgIpc) is 2.38. The van der Waals surface area contributed by atoms with E-state index in [-0.39, 0.29) is 17.2 Å². The minimum atomic E-state index is -0.544. The van der Waals surface area contributed by atoms with Crippen LogP contribution in [0.15, 0.2) is 24.3 Å². The van der Waals surface area contributed by atoms with Crippen molar-refractivity contribution in [3.05, 3.63) is 39.9 Å². The molecule has 98 valence electrons. The van der Waals surface area contributed by atoms with Crippen LogP contribution in [0.2, 0.25) is 0 Å². The summed E-state index contributed by atoms with van der Waals surface area (Å²) >= 11 is 0. The number of nitrogens with one attached hydrogen (secondary N) is 1. The topological polar surface area (TPSA) is 92.5 Å². The Morgan fingerprint density at radius 1 is 1.56 bits per heavy atom. The number of amides is 1. The number of hydrogen-bond donors (Lipinski definition) is 2. The Balaban J connectivity index is 2.56. The van der Waals surface area contributed by atoms with Crippen molar-refractivity contribution in [1.82, 2.24) is 5.32 Å². The number of benzene rings is 1. The number of hydrogen-bond acceptors (Lipinski definition) is 4. The standard InChI is InChI=1S/C12H16N2O4/c1-2-11(15)6-7-13-12(16)9-4-3-5-10(8-9)14(17)18/h3-5,8,11,15H,2,6-7H2,1H3,(H,13,16). The summed E-state index contributed by atoms with van der Waals surface area (Å²) in [5.41, 5.74) is 0.131. The Labute approximate surface area is 105 Å². The second-order valence-corrected chi connectivity index (χ2v) is 3.91. The zero-order valence-corrected chi connectivity index (χ0v) is 10.1. The van der Waals surface area contributed by atoms with Gasteiger partial charge in [-0.25, -0.2) is 0 Å². The number of aliphatic hydroxyl groups is 1. The highest BCUT2D eigenvalue weighted by Crippen LogP contribution is 2.12. The Morgan fingerprint density at radius 2 is 2.28 bits per heavy atom. The first-order valence-corrected chi connectivity index (χ1v) is 5.75. The molecule has 1 aromatic rings. The molecule has 1 aromatic carbocycles. The molecule has 0 saturated carbocycles. The summed E-state index contributed by atoms with van der Waals surface area (Å²) in [4.78, 5) is 21.7. The van der Waals surface area contributed by atoms with Gasteiger partial charge in [0.05, 0.1) is 11.0 Å². The number of nitro groups is 1. The molecule has 6 nitrogen and oxygen atoms in total. The molecule has 1 atom stereocenters. The van der Waals surface area contributed by atoms with Crippen LogP contribution in [-0.4, -0.2) is 28.6 Å². The number of nitro benzene ring substituents is 1. The molecule has 18 heavy (non-hydrogen) atoms. The predicted octanol–water partition coefficient (Wildman–Crippen LogP) is 1.49. The van der Waals surface area contributed by atoms with E-state index in [0.717, 1.165) is 0 Å². The molecule has 0 aliphatic rings. The summed E-state index contributed by atoms with van der Waals surface area (Å²) in [5, 5.41) is 22.5. The van der Waals surface area contributed by atoms with Gasteiger partial charge in [0.1, 0.15) is 0 Å². The highest BCUT2D eigenvalue weighted by molar-refractivity contribution is 5.94. The lowest BCUT2D eigenvalue weighted by atomic mass is 10.1. The van der Waals surface area contributed by atoms with Gasteiger partial charge in [0.2, 0.25) is 0 Å². The number of carbonyl (C=O) groups is 1. The molecule has 0 fully saturated rings. The van der Waals surface area contributed by atoms with Crippen molar-refractivity contribution in [2.24, 2.45) is 0 Å². The van der Waals surface area contributed by atoms with Crippen molar-refractivity contribution in [2.75, 3.05) is 6.54 Å². The SMILES string of the molecule is CCC(O)CCNC(=O)c1cccc([N+](=O)[O-])c1. The number of non-ortho nitro benzene ring substituents is 1. The normalized spacial score (nSPS) is 11.9. The van der Waals surface area contributed by atoms with Gasteiger partial charge in [-0.3, -0.25) is 14.9 Å². The highest BCUT2D eigenvalue weighted by atomic mass is 16.6. The molecule has 2 N–H and O–H groups in total.